The number of rotatable bonds is 7. The van der Waals surface area contributed by atoms with Gasteiger partial charge in [0.05, 0.1) is 18.9 Å². The van der Waals surface area contributed by atoms with E-state index in [4.69, 9.17) is 9.47 Å². The Morgan fingerprint density at radius 2 is 1.74 bits per heavy atom. The fraction of sp³-hybridized carbons (Fsp3) is 0.238. The highest BCUT2D eigenvalue weighted by Crippen LogP contribution is 2.32. The Balaban J connectivity index is 1.81. The molecule has 0 atom stereocenters. The standard InChI is InChI=1S/C21H22N2O3S/c1-4-25-17-12-11-16(13-18(17)26-5-2)23-20(24)19-14(3)22-21(27-19)15-9-7-6-8-10-15/h6-13H,4-5H2,1-3H3,(H,23,24). The van der Waals surface area contributed by atoms with Crippen LogP contribution in [0.5, 0.6) is 11.5 Å². The Labute approximate surface area is 163 Å². The Hall–Kier alpha value is -2.86. The molecule has 6 heteroatoms. The molecular weight excluding hydrogens is 360 g/mol. The Morgan fingerprint density at radius 1 is 1.04 bits per heavy atom. The number of hydrogen-bond acceptors (Lipinski definition) is 5. The number of amides is 1. The SMILES string of the molecule is CCOc1ccc(NC(=O)c2sc(-c3ccccc3)nc2C)cc1OCC. The second-order valence-corrected chi connectivity index (χ2v) is 6.78. The highest BCUT2D eigenvalue weighted by Gasteiger charge is 2.17. The maximum Gasteiger partial charge on any atom is 0.267 e. The topological polar surface area (TPSA) is 60.5 Å². The number of anilines is 1. The molecule has 3 aromatic rings. The maximum atomic E-state index is 12.7. The molecule has 1 aromatic heterocycles. The van der Waals surface area contributed by atoms with Gasteiger partial charge in [-0.2, -0.15) is 0 Å². The molecule has 0 fully saturated rings. The van der Waals surface area contributed by atoms with Gasteiger partial charge in [-0.15, -0.1) is 11.3 Å². The molecule has 1 heterocycles. The normalized spacial score (nSPS) is 10.5. The van der Waals surface area contributed by atoms with E-state index in [-0.39, 0.29) is 5.91 Å². The van der Waals surface area contributed by atoms with E-state index in [1.54, 1.807) is 18.2 Å². The average molecular weight is 382 g/mol. The molecule has 5 nitrogen and oxygen atoms in total. The average Bonchev–Trinajstić information content (AvgIpc) is 3.07. The predicted octanol–water partition coefficient (Wildman–Crippen LogP) is 5.17. The van der Waals surface area contributed by atoms with Crippen molar-refractivity contribution in [2.45, 2.75) is 20.8 Å². The van der Waals surface area contributed by atoms with Crippen molar-refractivity contribution in [2.24, 2.45) is 0 Å². The molecule has 1 N–H and O–H groups in total. The van der Waals surface area contributed by atoms with E-state index in [2.05, 4.69) is 10.3 Å². The molecule has 0 aliphatic heterocycles. The smallest absolute Gasteiger partial charge is 0.267 e. The van der Waals surface area contributed by atoms with E-state index in [1.165, 1.54) is 11.3 Å². The Bertz CT molecular complexity index is 922. The lowest BCUT2D eigenvalue weighted by Crippen LogP contribution is -2.11. The fourth-order valence-corrected chi connectivity index (χ4v) is 3.59. The molecule has 0 saturated heterocycles. The first kappa shape index (κ1) is 18.9. The van der Waals surface area contributed by atoms with Gasteiger partial charge in [-0.25, -0.2) is 4.98 Å². The van der Waals surface area contributed by atoms with Crippen molar-refractivity contribution >= 4 is 22.9 Å². The summed E-state index contributed by atoms with van der Waals surface area (Å²) in [5.74, 6) is 1.10. The largest absolute Gasteiger partial charge is 0.490 e. The second kappa shape index (κ2) is 8.68. The number of nitrogens with zero attached hydrogens (tertiary/aromatic N) is 1. The molecule has 1 amide bonds. The van der Waals surface area contributed by atoms with Gasteiger partial charge in [-0.1, -0.05) is 30.3 Å². The number of aryl methyl sites for hydroxylation is 1. The van der Waals surface area contributed by atoms with Crippen molar-refractivity contribution in [1.82, 2.24) is 4.98 Å². The lowest BCUT2D eigenvalue weighted by atomic mass is 10.2. The zero-order valence-electron chi connectivity index (χ0n) is 15.6. The van der Waals surface area contributed by atoms with Crippen molar-refractivity contribution in [2.75, 3.05) is 18.5 Å². The summed E-state index contributed by atoms with van der Waals surface area (Å²) >= 11 is 1.39. The summed E-state index contributed by atoms with van der Waals surface area (Å²) in [5.41, 5.74) is 2.37. The number of carbonyl (C=O) groups excluding carboxylic acids is 1. The van der Waals surface area contributed by atoms with Crippen molar-refractivity contribution in [3.63, 3.8) is 0 Å². The highest BCUT2D eigenvalue weighted by molar-refractivity contribution is 7.17. The summed E-state index contributed by atoms with van der Waals surface area (Å²) < 4.78 is 11.2. The summed E-state index contributed by atoms with van der Waals surface area (Å²) in [5, 5.41) is 3.76. The lowest BCUT2D eigenvalue weighted by molar-refractivity contribution is 0.103. The van der Waals surface area contributed by atoms with E-state index >= 15 is 0 Å². The predicted molar refractivity (Wildman–Crippen MR) is 109 cm³/mol. The summed E-state index contributed by atoms with van der Waals surface area (Å²) in [6.07, 6.45) is 0. The molecular formula is C21H22N2O3S. The Kier molecular flexibility index (Phi) is 6.08. The molecule has 0 aliphatic carbocycles. The number of carbonyl (C=O) groups is 1. The number of aromatic nitrogens is 1. The second-order valence-electron chi connectivity index (χ2n) is 5.78. The van der Waals surface area contributed by atoms with Gasteiger partial charge in [0.15, 0.2) is 11.5 Å². The van der Waals surface area contributed by atoms with Gasteiger partial charge in [0, 0.05) is 17.3 Å². The lowest BCUT2D eigenvalue weighted by Gasteiger charge is -2.12. The first-order valence-electron chi connectivity index (χ1n) is 8.86. The van der Waals surface area contributed by atoms with Gasteiger partial charge in [-0.3, -0.25) is 4.79 Å². The first-order valence-corrected chi connectivity index (χ1v) is 9.67. The molecule has 0 unspecified atom stereocenters. The van der Waals surface area contributed by atoms with Crippen LogP contribution in [0, 0.1) is 6.92 Å². The molecule has 0 spiro atoms. The molecule has 0 aliphatic rings. The van der Waals surface area contributed by atoms with Gasteiger partial charge in [0.25, 0.3) is 5.91 Å². The van der Waals surface area contributed by atoms with Crippen LogP contribution in [0.25, 0.3) is 10.6 Å². The summed E-state index contributed by atoms with van der Waals surface area (Å²) in [6, 6.07) is 15.2. The minimum absolute atomic E-state index is 0.182. The minimum Gasteiger partial charge on any atom is -0.490 e. The number of hydrogen-bond donors (Lipinski definition) is 1. The molecule has 0 radical (unpaired) electrons. The summed E-state index contributed by atoms with van der Waals surface area (Å²) in [7, 11) is 0. The van der Waals surface area contributed by atoms with Crippen LogP contribution in [0.15, 0.2) is 48.5 Å². The van der Waals surface area contributed by atoms with E-state index < -0.39 is 0 Å². The molecule has 27 heavy (non-hydrogen) atoms. The van der Waals surface area contributed by atoms with Gasteiger partial charge in [0.2, 0.25) is 0 Å². The zero-order valence-corrected chi connectivity index (χ0v) is 16.4. The fourth-order valence-electron chi connectivity index (χ4n) is 2.63. The van der Waals surface area contributed by atoms with Gasteiger partial charge in [0.1, 0.15) is 9.88 Å². The number of nitrogens with one attached hydrogen (secondary N) is 1. The Morgan fingerprint density at radius 3 is 2.44 bits per heavy atom. The van der Waals surface area contributed by atoms with Gasteiger partial charge in [-0.05, 0) is 32.9 Å². The zero-order chi connectivity index (χ0) is 19.2. The number of thiazole rings is 1. The van der Waals surface area contributed by atoms with Crippen LogP contribution in [0.4, 0.5) is 5.69 Å². The van der Waals surface area contributed by atoms with E-state index in [0.29, 0.717) is 41.0 Å². The van der Waals surface area contributed by atoms with Crippen molar-refractivity contribution in [3.05, 3.63) is 59.1 Å². The third-order valence-corrected chi connectivity index (χ3v) is 5.03. The van der Waals surface area contributed by atoms with Gasteiger partial charge < -0.3 is 14.8 Å². The molecule has 0 saturated carbocycles. The number of ether oxygens (including phenoxy) is 2. The van der Waals surface area contributed by atoms with Crippen molar-refractivity contribution in [3.8, 4) is 22.1 Å². The minimum atomic E-state index is -0.182. The van der Waals surface area contributed by atoms with E-state index in [9.17, 15) is 4.79 Å². The monoisotopic (exact) mass is 382 g/mol. The highest BCUT2D eigenvalue weighted by atomic mass is 32.1. The van der Waals surface area contributed by atoms with Crippen molar-refractivity contribution in [1.29, 1.82) is 0 Å². The van der Waals surface area contributed by atoms with Crippen LogP contribution >= 0.6 is 11.3 Å². The quantitative estimate of drug-likeness (QED) is 0.612. The van der Waals surface area contributed by atoms with Crippen LogP contribution in [0.3, 0.4) is 0 Å². The molecule has 0 bridgehead atoms. The third kappa shape index (κ3) is 4.46. The number of benzene rings is 2. The van der Waals surface area contributed by atoms with E-state index in [0.717, 1.165) is 10.6 Å². The van der Waals surface area contributed by atoms with Crippen LogP contribution in [-0.4, -0.2) is 24.1 Å². The van der Waals surface area contributed by atoms with Crippen LogP contribution in [0.1, 0.15) is 29.2 Å². The van der Waals surface area contributed by atoms with Gasteiger partial charge >= 0.3 is 0 Å². The molecule has 2 aromatic carbocycles. The van der Waals surface area contributed by atoms with Crippen LogP contribution in [0.2, 0.25) is 0 Å². The molecule has 3 rings (SSSR count). The molecule has 140 valence electrons. The summed E-state index contributed by atoms with van der Waals surface area (Å²) in [6.45, 7) is 6.75. The van der Waals surface area contributed by atoms with E-state index in [1.807, 2.05) is 51.1 Å². The van der Waals surface area contributed by atoms with Crippen LogP contribution < -0.4 is 14.8 Å². The summed E-state index contributed by atoms with van der Waals surface area (Å²) in [4.78, 5) is 17.9. The third-order valence-electron chi connectivity index (χ3n) is 3.82. The van der Waals surface area contributed by atoms with Crippen LogP contribution in [-0.2, 0) is 0 Å². The maximum absolute atomic E-state index is 12.7. The van der Waals surface area contributed by atoms with Crippen molar-refractivity contribution < 1.29 is 14.3 Å². The first-order chi connectivity index (χ1) is 13.1.